The van der Waals surface area contributed by atoms with E-state index in [-0.39, 0.29) is 11.8 Å². The highest BCUT2D eigenvalue weighted by Gasteiger charge is 2.20. The maximum atomic E-state index is 11.9. The molecule has 2 N–H and O–H groups in total. The zero-order valence-corrected chi connectivity index (χ0v) is 10.3. The Balaban J connectivity index is 1.83. The van der Waals surface area contributed by atoms with Crippen LogP contribution in [0.4, 0.5) is 0 Å². The van der Waals surface area contributed by atoms with Crippen molar-refractivity contribution in [1.29, 1.82) is 0 Å². The SMILES string of the molecule is Cc1cccc(CNC(=O)[C@@H]2CCCNC2)c1. The molecule has 1 atom stereocenters. The zero-order valence-electron chi connectivity index (χ0n) is 10.3. The number of nitrogens with one attached hydrogen (secondary N) is 2. The van der Waals surface area contributed by atoms with Gasteiger partial charge < -0.3 is 10.6 Å². The van der Waals surface area contributed by atoms with Crippen molar-refractivity contribution >= 4 is 5.91 Å². The van der Waals surface area contributed by atoms with Gasteiger partial charge in [-0.25, -0.2) is 0 Å². The molecule has 3 heteroatoms. The second-order valence-corrected chi connectivity index (χ2v) is 4.75. The number of carbonyl (C=O) groups excluding carboxylic acids is 1. The van der Waals surface area contributed by atoms with Gasteiger partial charge in [0.05, 0.1) is 5.92 Å². The molecule has 1 aromatic carbocycles. The highest BCUT2D eigenvalue weighted by atomic mass is 16.1. The van der Waals surface area contributed by atoms with Crippen molar-refractivity contribution in [3.63, 3.8) is 0 Å². The predicted octanol–water partition coefficient (Wildman–Crippen LogP) is 1.61. The Labute approximate surface area is 103 Å². The van der Waals surface area contributed by atoms with Crippen molar-refractivity contribution in [2.45, 2.75) is 26.3 Å². The van der Waals surface area contributed by atoms with E-state index in [2.05, 4.69) is 29.7 Å². The molecule has 1 fully saturated rings. The van der Waals surface area contributed by atoms with Crippen LogP contribution in [-0.2, 0) is 11.3 Å². The van der Waals surface area contributed by atoms with Crippen LogP contribution in [0.25, 0.3) is 0 Å². The molecule has 1 amide bonds. The molecule has 17 heavy (non-hydrogen) atoms. The van der Waals surface area contributed by atoms with Crippen LogP contribution in [0.5, 0.6) is 0 Å². The normalized spacial score (nSPS) is 19.9. The maximum absolute atomic E-state index is 11.9. The van der Waals surface area contributed by atoms with Crippen LogP contribution < -0.4 is 10.6 Å². The topological polar surface area (TPSA) is 41.1 Å². The molecule has 0 spiro atoms. The molecular formula is C14H20N2O. The first-order chi connectivity index (χ1) is 8.25. The van der Waals surface area contributed by atoms with E-state index in [1.807, 2.05) is 12.1 Å². The molecule has 1 aromatic rings. The Bertz CT molecular complexity index is 384. The Morgan fingerprint density at radius 2 is 2.41 bits per heavy atom. The van der Waals surface area contributed by atoms with Crippen LogP contribution in [-0.4, -0.2) is 19.0 Å². The van der Waals surface area contributed by atoms with Crippen LogP contribution in [0.15, 0.2) is 24.3 Å². The van der Waals surface area contributed by atoms with E-state index in [0.29, 0.717) is 6.54 Å². The van der Waals surface area contributed by atoms with Gasteiger partial charge in [0.15, 0.2) is 0 Å². The Hall–Kier alpha value is -1.35. The van der Waals surface area contributed by atoms with Crippen LogP contribution in [0.3, 0.4) is 0 Å². The minimum atomic E-state index is 0.147. The van der Waals surface area contributed by atoms with Gasteiger partial charge in [0.2, 0.25) is 5.91 Å². The first-order valence-electron chi connectivity index (χ1n) is 6.29. The summed E-state index contributed by atoms with van der Waals surface area (Å²) in [6.07, 6.45) is 2.11. The standard InChI is InChI=1S/C14H20N2O/c1-11-4-2-5-12(8-11)9-16-14(17)13-6-3-7-15-10-13/h2,4-5,8,13,15H,3,6-7,9-10H2,1H3,(H,16,17)/t13-/m1/s1. The smallest absolute Gasteiger partial charge is 0.224 e. The van der Waals surface area contributed by atoms with E-state index >= 15 is 0 Å². The number of benzene rings is 1. The van der Waals surface area contributed by atoms with Crippen molar-refractivity contribution in [2.75, 3.05) is 13.1 Å². The summed E-state index contributed by atoms with van der Waals surface area (Å²) in [5.74, 6) is 0.326. The summed E-state index contributed by atoms with van der Waals surface area (Å²) in [6.45, 7) is 4.56. The molecule has 1 aliphatic rings. The molecule has 0 unspecified atom stereocenters. The lowest BCUT2D eigenvalue weighted by molar-refractivity contribution is -0.125. The Kier molecular flexibility index (Phi) is 4.15. The minimum absolute atomic E-state index is 0.147. The second kappa shape index (κ2) is 5.82. The van der Waals surface area contributed by atoms with E-state index < -0.39 is 0 Å². The third-order valence-corrected chi connectivity index (χ3v) is 3.22. The van der Waals surface area contributed by atoms with Crippen molar-refractivity contribution in [2.24, 2.45) is 5.92 Å². The van der Waals surface area contributed by atoms with E-state index in [1.54, 1.807) is 0 Å². The average molecular weight is 232 g/mol. The number of carbonyl (C=O) groups is 1. The summed E-state index contributed by atoms with van der Waals surface area (Å²) in [6, 6.07) is 8.25. The molecule has 2 rings (SSSR count). The van der Waals surface area contributed by atoms with E-state index in [1.165, 1.54) is 11.1 Å². The van der Waals surface area contributed by atoms with Gasteiger partial charge in [-0.15, -0.1) is 0 Å². The predicted molar refractivity (Wildman–Crippen MR) is 68.6 cm³/mol. The van der Waals surface area contributed by atoms with Crippen molar-refractivity contribution < 1.29 is 4.79 Å². The fraction of sp³-hybridized carbons (Fsp3) is 0.500. The molecular weight excluding hydrogens is 212 g/mol. The summed E-state index contributed by atoms with van der Waals surface area (Å²) < 4.78 is 0. The average Bonchev–Trinajstić information content (AvgIpc) is 2.37. The molecule has 1 aliphatic heterocycles. The summed E-state index contributed by atoms with van der Waals surface area (Å²) in [7, 11) is 0. The van der Waals surface area contributed by atoms with Gasteiger partial charge in [-0.05, 0) is 31.9 Å². The third kappa shape index (κ3) is 3.56. The van der Waals surface area contributed by atoms with E-state index in [9.17, 15) is 4.79 Å². The first-order valence-corrected chi connectivity index (χ1v) is 6.29. The fourth-order valence-electron chi connectivity index (χ4n) is 2.23. The molecule has 0 radical (unpaired) electrons. The quantitative estimate of drug-likeness (QED) is 0.831. The molecule has 1 heterocycles. The van der Waals surface area contributed by atoms with Crippen LogP contribution in [0.1, 0.15) is 24.0 Å². The molecule has 3 nitrogen and oxygen atoms in total. The minimum Gasteiger partial charge on any atom is -0.352 e. The molecule has 1 saturated heterocycles. The highest BCUT2D eigenvalue weighted by molar-refractivity contribution is 5.78. The number of aryl methyl sites for hydroxylation is 1. The zero-order chi connectivity index (χ0) is 12.1. The van der Waals surface area contributed by atoms with Gasteiger partial charge in [-0.2, -0.15) is 0 Å². The van der Waals surface area contributed by atoms with Crippen molar-refractivity contribution in [3.05, 3.63) is 35.4 Å². The molecule has 0 saturated carbocycles. The largest absolute Gasteiger partial charge is 0.352 e. The third-order valence-electron chi connectivity index (χ3n) is 3.22. The van der Waals surface area contributed by atoms with Gasteiger partial charge in [0.25, 0.3) is 0 Å². The van der Waals surface area contributed by atoms with E-state index in [4.69, 9.17) is 0 Å². The lowest BCUT2D eigenvalue weighted by Gasteiger charge is -2.21. The van der Waals surface area contributed by atoms with Crippen molar-refractivity contribution in [3.8, 4) is 0 Å². The lowest BCUT2D eigenvalue weighted by atomic mass is 9.99. The summed E-state index contributed by atoms with van der Waals surface area (Å²) in [5, 5.41) is 6.28. The van der Waals surface area contributed by atoms with E-state index in [0.717, 1.165) is 25.9 Å². The highest BCUT2D eigenvalue weighted by Crippen LogP contribution is 2.10. The summed E-state index contributed by atoms with van der Waals surface area (Å²) in [5.41, 5.74) is 2.40. The van der Waals surface area contributed by atoms with Gasteiger partial charge in [0.1, 0.15) is 0 Å². The van der Waals surface area contributed by atoms with Crippen molar-refractivity contribution in [1.82, 2.24) is 10.6 Å². The van der Waals surface area contributed by atoms with Gasteiger partial charge in [-0.1, -0.05) is 29.8 Å². The Morgan fingerprint density at radius 1 is 1.53 bits per heavy atom. The number of hydrogen-bond acceptors (Lipinski definition) is 2. The Morgan fingerprint density at radius 3 is 3.12 bits per heavy atom. The maximum Gasteiger partial charge on any atom is 0.224 e. The fourth-order valence-corrected chi connectivity index (χ4v) is 2.23. The number of piperidine rings is 1. The number of rotatable bonds is 3. The van der Waals surface area contributed by atoms with Gasteiger partial charge >= 0.3 is 0 Å². The molecule has 0 aliphatic carbocycles. The molecule has 92 valence electrons. The van der Waals surface area contributed by atoms with Gasteiger partial charge in [0, 0.05) is 13.1 Å². The number of amides is 1. The van der Waals surface area contributed by atoms with Gasteiger partial charge in [-0.3, -0.25) is 4.79 Å². The summed E-state index contributed by atoms with van der Waals surface area (Å²) >= 11 is 0. The monoisotopic (exact) mass is 232 g/mol. The molecule has 0 bridgehead atoms. The van der Waals surface area contributed by atoms with Crippen LogP contribution in [0.2, 0.25) is 0 Å². The number of hydrogen-bond donors (Lipinski definition) is 2. The lowest BCUT2D eigenvalue weighted by Crippen LogP contribution is -2.40. The van der Waals surface area contributed by atoms with Crippen LogP contribution >= 0.6 is 0 Å². The summed E-state index contributed by atoms with van der Waals surface area (Å²) in [4.78, 5) is 11.9. The molecule has 0 aromatic heterocycles. The first kappa shape index (κ1) is 12.1. The second-order valence-electron chi connectivity index (χ2n) is 4.75. The van der Waals surface area contributed by atoms with Crippen LogP contribution in [0, 0.1) is 12.8 Å².